The number of amides is 3. The zero-order valence-corrected chi connectivity index (χ0v) is 41.8. The second kappa shape index (κ2) is 35.1. The SMILES string of the molecule is C#C.C#C.C#C.C=C(C)N.CC.CCC.CCCC(=O)N(CCC)Cc1ncc(-c2ccc3c(c2)COc2cc4c(ccc5[nH]c(CN(C(=O)CNC(=O)OC)[C@@H](C)CC)nc54)cc2-3)[nH]1.CO. The zero-order valence-electron chi connectivity index (χ0n) is 41.8. The standard InChI is InChI=1S/C38H45N7O5.C3H7N.C3H8.C2H6.3C2H2.CH4O/c1-6-9-35(46)44(14-7-2)20-33-39-18-31(42-33)25-10-12-27-26(15-25)22-50-32-17-28-24(16-29(27)32)11-13-30-37(28)43-34(41-30)21-45(23(4)8-3)36(47)19-40-38(48)49-5;1-3(2)4;1-3-2;5*1-2/h10-13,15-18,23H,6-9,14,19-22H2,1-5H3,(H,39,42)(H,40,48)(H,41,43);1,4H2,2H3;3H2,1-2H3;1-2H3;3*1-2H;2H,1H3/t23-;;;;;;;/m0......./s1. The van der Waals surface area contributed by atoms with E-state index in [4.69, 9.17) is 20.6 Å². The number of hydrogen-bond acceptors (Lipinski definition) is 9. The number of ether oxygens (including phenoxy) is 2. The van der Waals surface area contributed by atoms with Gasteiger partial charge in [-0.2, -0.15) is 0 Å². The molecule has 0 aliphatic carbocycles. The number of aliphatic hydroxyl groups excluding tert-OH is 1. The van der Waals surface area contributed by atoms with Gasteiger partial charge in [-0.1, -0.05) is 79.7 Å². The molecule has 0 bridgehead atoms. The van der Waals surface area contributed by atoms with Crippen molar-refractivity contribution in [3.05, 3.63) is 78.1 Å². The number of H-pyrrole nitrogens is 2. The Balaban J connectivity index is 0. The summed E-state index contributed by atoms with van der Waals surface area (Å²) in [5, 5.41) is 11.5. The van der Waals surface area contributed by atoms with Crippen molar-refractivity contribution in [2.75, 3.05) is 27.3 Å². The van der Waals surface area contributed by atoms with Crippen molar-refractivity contribution in [3.63, 3.8) is 0 Å². The van der Waals surface area contributed by atoms with Crippen LogP contribution in [0.25, 0.3) is 44.2 Å². The average Bonchev–Trinajstić information content (AvgIpc) is 4.02. The maximum Gasteiger partial charge on any atom is 0.407 e. The molecule has 0 saturated carbocycles. The molecule has 3 aromatic carbocycles. The molecule has 1 aliphatic rings. The van der Waals surface area contributed by atoms with Gasteiger partial charge in [0.05, 0.1) is 43.1 Å². The molecule has 2 aromatic heterocycles. The summed E-state index contributed by atoms with van der Waals surface area (Å²) in [6.07, 6.45) is 29.5. The first-order chi connectivity index (χ1) is 32.4. The monoisotopic (exact) mass is 921 g/mol. The minimum Gasteiger partial charge on any atom is -0.488 e. The molecule has 0 spiro atoms. The van der Waals surface area contributed by atoms with Crippen LogP contribution in [-0.4, -0.2) is 86.1 Å². The Morgan fingerprint density at radius 2 is 1.54 bits per heavy atom. The molecule has 1 aliphatic heterocycles. The van der Waals surface area contributed by atoms with Crippen LogP contribution in [-0.2, 0) is 34.0 Å². The first-order valence-electron chi connectivity index (χ1n) is 22.4. The number of aliphatic hydroxyl groups is 1. The van der Waals surface area contributed by atoms with Crippen LogP contribution in [0, 0.1) is 38.5 Å². The van der Waals surface area contributed by atoms with Crippen LogP contribution in [0.4, 0.5) is 4.79 Å². The first-order valence-corrected chi connectivity index (χ1v) is 22.4. The maximum absolute atomic E-state index is 13.0. The molecule has 67 heavy (non-hydrogen) atoms. The number of methoxy groups -OCH3 is 1. The number of aromatic nitrogens is 4. The van der Waals surface area contributed by atoms with Crippen molar-refractivity contribution in [2.24, 2.45) is 5.73 Å². The van der Waals surface area contributed by atoms with E-state index in [2.05, 4.69) is 127 Å². The number of alkyl carbamates (subject to hydrolysis) is 1. The highest BCUT2D eigenvalue weighted by Crippen LogP contribution is 2.42. The number of carbonyl (C=O) groups is 3. The number of terminal acetylenes is 3. The predicted molar refractivity (Wildman–Crippen MR) is 276 cm³/mol. The lowest BCUT2D eigenvalue weighted by Crippen LogP contribution is -2.44. The van der Waals surface area contributed by atoms with Crippen molar-refractivity contribution < 1.29 is 29.0 Å². The van der Waals surface area contributed by atoms with E-state index >= 15 is 0 Å². The highest BCUT2D eigenvalue weighted by atomic mass is 16.5. The van der Waals surface area contributed by atoms with Gasteiger partial charge in [-0.3, -0.25) is 9.59 Å². The van der Waals surface area contributed by atoms with Gasteiger partial charge in [0.2, 0.25) is 11.8 Å². The van der Waals surface area contributed by atoms with E-state index in [1.54, 1.807) is 11.8 Å². The number of benzene rings is 3. The summed E-state index contributed by atoms with van der Waals surface area (Å²) in [7, 11) is 2.27. The highest BCUT2D eigenvalue weighted by Gasteiger charge is 2.24. The quantitative estimate of drug-likeness (QED) is 0.0715. The molecule has 3 heterocycles. The van der Waals surface area contributed by atoms with Crippen molar-refractivity contribution in [1.29, 1.82) is 0 Å². The number of allylic oxidation sites excluding steroid dienone is 1. The lowest BCUT2D eigenvalue weighted by molar-refractivity contribution is -0.133. The van der Waals surface area contributed by atoms with E-state index in [0.717, 1.165) is 87.7 Å². The van der Waals surface area contributed by atoms with Crippen LogP contribution < -0.4 is 15.8 Å². The third kappa shape index (κ3) is 19.0. The van der Waals surface area contributed by atoms with Gasteiger partial charge in [0.25, 0.3) is 0 Å². The van der Waals surface area contributed by atoms with Crippen molar-refractivity contribution in [3.8, 4) is 66.7 Å². The number of carbonyl (C=O) groups excluding carboxylic acids is 3. The Hall–Kier alpha value is -7.21. The topological polar surface area (TPSA) is 192 Å². The van der Waals surface area contributed by atoms with Crippen LogP contribution in [0.1, 0.15) is 112 Å². The third-order valence-corrected chi connectivity index (χ3v) is 9.32. The fourth-order valence-electron chi connectivity index (χ4n) is 6.48. The first kappa shape index (κ1) is 61.9. The van der Waals surface area contributed by atoms with Gasteiger partial charge in [0.1, 0.15) is 30.5 Å². The molecule has 0 saturated heterocycles. The molecular weight excluding hydrogens is 845 g/mol. The summed E-state index contributed by atoms with van der Waals surface area (Å²) in [6.45, 7) is 23.1. The van der Waals surface area contributed by atoms with E-state index < -0.39 is 6.09 Å². The Morgan fingerprint density at radius 1 is 0.910 bits per heavy atom. The molecule has 5 aromatic rings. The summed E-state index contributed by atoms with van der Waals surface area (Å²) in [5.74, 6) is 2.15. The fourth-order valence-corrected chi connectivity index (χ4v) is 6.48. The molecule has 0 radical (unpaired) electrons. The smallest absolute Gasteiger partial charge is 0.407 e. The molecule has 364 valence electrons. The van der Waals surface area contributed by atoms with Gasteiger partial charge in [-0.15, -0.1) is 38.5 Å². The number of hydrogen-bond donors (Lipinski definition) is 5. The van der Waals surface area contributed by atoms with Gasteiger partial charge < -0.3 is 45.4 Å². The number of imidazole rings is 2. The lowest BCUT2D eigenvalue weighted by atomic mass is 9.92. The number of rotatable bonds is 13. The van der Waals surface area contributed by atoms with Crippen LogP contribution in [0.3, 0.4) is 0 Å². The molecule has 1 atom stereocenters. The normalized spacial score (nSPS) is 10.3. The Bertz CT molecular complexity index is 2290. The minimum absolute atomic E-state index is 0.0550. The zero-order chi connectivity index (χ0) is 51.6. The molecular formula is C53H76N8O6. The lowest BCUT2D eigenvalue weighted by Gasteiger charge is -2.27. The van der Waals surface area contributed by atoms with Gasteiger partial charge in [-0.05, 0) is 85.1 Å². The number of fused-ring (bicyclic) bond motifs is 6. The van der Waals surface area contributed by atoms with Gasteiger partial charge in [0, 0.05) is 37.1 Å². The van der Waals surface area contributed by atoms with Crippen molar-refractivity contribution in [1.82, 2.24) is 35.1 Å². The van der Waals surface area contributed by atoms with E-state index in [-0.39, 0.29) is 30.9 Å². The summed E-state index contributed by atoms with van der Waals surface area (Å²) >= 11 is 0. The molecule has 6 N–H and O–H groups in total. The molecule has 3 amide bonds. The summed E-state index contributed by atoms with van der Waals surface area (Å²) < 4.78 is 10.9. The average molecular weight is 921 g/mol. The van der Waals surface area contributed by atoms with Crippen LogP contribution in [0.5, 0.6) is 5.75 Å². The highest BCUT2D eigenvalue weighted by molar-refractivity contribution is 6.07. The number of nitrogens with zero attached hydrogens (tertiary/aromatic N) is 4. The summed E-state index contributed by atoms with van der Waals surface area (Å²) in [4.78, 5) is 57.1. The minimum atomic E-state index is -0.648. The second-order valence-corrected chi connectivity index (χ2v) is 14.4. The van der Waals surface area contributed by atoms with Crippen LogP contribution in [0.15, 0.2) is 60.9 Å². The van der Waals surface area contributed by atoms with Crippen LogP contribution in [0.2, 0.25) is 0 Å². The molecule has 6 rings (SSSR count). The molecule has 14 heteroatoms. The van der Waals surface area contributed by atoms with Crippen molar-refractivity contribution >= 4 is 39.7 Å². The van der Waals surface area contributed by atoms with E-state index in [0.29, 0.717) is 37.6 Å². The largest absolute Gasteiger partial charge is 0.488 e. The predicted octanol–water partition coefficient (Wildman–Crippen LogP) is 9.97. The van der Waals surface area contributed by atoms with Crippen molar-refractivity contribution in [2.45, 2.75) is 120 Å². The summed E-state index contributed by atoms with van der Waals surface area (Å²) in [6, 6.07) is 14.6. The molecule has 0 unspecified atom stereocenters. The van der Waals surface area contributed by atoms with Gasteiger partial charge >= 0.3 is 6.09 Å². The molecule has 0 fully saturated rings. The number of nitrogens with two attached hydrogens (primary N) is 1. The second-order valence-electron chi connectivity index (χ2n) is 14.4. The third-order valence-electron chi connectivity index (χ3n) is 9.32. The Kier molecular flexibility index (Phi) is 32.4. The van der Waals surface area contributed by atoms with Crippen LogP contribution >= 0.6 is 0 Å². The number of nitrogens with one attached hydrogen (secondary N) is 3. The van der Waals surface area contributed by atoms with E-state index in [1.807, 2.05) is 51.8 Å². The Morgan fingerprint density at radius 3 is 2.10 bits per heavy atom. The maximum atomic E-state index is 13.0. The summed E-state index contributed by atoms with van der Waals surface area (Å²) in [5.41, 5.74) is 12.4. The van der Waals surface area contributed by atoms with E-state index in [1.165, 1.54) is 13.5 Å². The molecule has 14 nitrogen and oxygen atoms in total. The van der Waals surface area contributed by atoms with Gasteiger partial charge in [-0.25, -0.2) is 14.8 Å². The van der Waals surface area contributed by atoms with E-state index in [9.17, 15) is 14.4 Å². The Labute approximate surface area is 400 Å². The fraction of sp³-hybridized carbons (Fsp3) is 0.415. The van der Waals surface area contributed by atoms with Gasteiger partial charge in [0.15, 0.2) is 0 Å². The number of aromatic amines is 2.